The van der Waals surface area contributed by atoms with Crippen LogP contribution in [-0.2, 0) is 12.7 Å². The standard InChI is InChI=1S/C13H9ClF4N2/c14-11-2-1-3-12(20-11)19-7-8-4-9(13(16,17)18)6-10(15)5-8/h1-6H,7H2,(H,19,20). The highest BCUT2D eigenvalue weighted by Crippen LogP contribution is 2.30. The molecule has 0 unspecified atom stereocenters. The molecule has 0 aliphatic heterocycles. The number of nitrogens with one attached hydrogen (secondary N) is 1. The molecule has 1 aromatic heterocycles. The van der Waals surface area contributed by atoms with E-state index < -0.39 is 17.6 Å². The fourth-order valence-corrected chi connectivity index (χ4v) is 1.78. The zero-order valence-corrected chi connectivity index (χ0v) is 10.8. The summed E-state index contributed by atoms with van der Waals surface area (Å²) in [6.07, 6.45) is -4.58. The van der Waals surface area contributed by atoms with Crippen LogP contribution in [0.5, 0.6) is 0 Å². The molecule has 0 spiro atoms. The van der Waals surface area contributed by atoms with Gasteiger partial charge in [0.2, 0.25) is 0 Å². The second-order valence-electron chi connectivity index (χ2n) is 4.05. The molecule has 0 saturated heterocycles. The lowest BCUT2D eigenvalue weighted by Crippen LogP contribution is -2.08. The van der Waals surface area contributed by atoms with Crippen LogP contribution >= 0.6 is 11.6 Å². The predicted octanol–water partition coefficient (Wildman–Crippen LogP) is 4.51. The van der Waals surface area contributed by atoms with E-state index in [1.807, 2.05) is 0 Å². The Morgan fingerprint density at radius 3 is 2.55 bits per heavy atom. The van der Waals surface area contributed by atoms with Crippen molar-refractivity contribution in [3.8, 4) is 0 Å². The van der Waals surface area contributed by atoms with Crippen molar-refractivity contribution in [2.45, 2.75) is 12.7 Å². The minimum atomic E-state index is -4.58. The Balaban J connectivity index is 2.16. The summed E-state index contributed by atoms with van der Waals surface area (Å²) in [5.74, 6) is -0.536. The molecule has 0 saturated carbocycles. The lowest BCUT2D eigenvalue weighted by Gasteiger charge is -2.10. The number of halogens is 5. The molecule has 106 valence electrons. The van der Waals surface area contributed by atoms with Crippen molar-refractivity contribution < 1.29 is 17.6 Å². The molecule has 1 N–H and O–H groups in total. The molecular formula is C13H9ClF4N2. The van der Waals surface area contributed by atoms with E-state index in [0.29, 0.717) is 11.9 Å². The van der Waals surface area contributed by atoms with Crippen LogP contribution in [0.25, 0.3) is 0 Å². The largest absolute Gasteiger partial charge is 0.416 e. The Hall–Kier alpha value is -1.82. The Kier molecular flexibility index (Phi) is 4.13. The van der Waals surface area contributed by atoms with Gasteiger partial charge in [0.05, 0.1) is 5.56 Å². The van der Waals surface area contributed by atoms with Gasteiger partial charge in [-0.05, 0) is 35.9 Å². The topological polar surface area (TPSA) is 24.9 Å². The van der Waals surface area contributed by atoms with Gasteiger partial charge in [-0.3, -0.25) is 0 Å². The van der Waals surface area contributed by atoms with Crippen molar-refractivity contribution in [2.24, 2.45) is 0 Å². The van der Waals surface area contributed by atoms with Crippen LogP contribution in [0.2, 0.25) is 5.15 Å². The van der Waals surface area contributed by atoms with Crippen LogP contribution in [-0.4, -0.2) is 4.98 Å². The summed E-state index contributed by atoms with van der Waals surface area (Å²) >= 11 is 5.68. The highest BCUT2D eigenvalue weighted by Gasteiger charge is 2.31. The van der Waals surface area contributed by atoms with Crippen LogP contribution in [0.15, 0.2) is 36.4 Å². The summed E-state index contributed by atoms with van der Waals surface area (Å²) in [5, 5.41) is 3.03. The second-order valence-corrected chi connectivity index (χ2v) is 4.43. The van der Waals surface area contributed by atoms with E-state index in [-0.39, 0.29) is 17.3 Å². The highest BCUT2D eigenvalue weighted by molar-refractivity contribution is 6.29. The van der Waals surface area contributed by atoms with Gasteiger partial charge in [-0.2, -0.15) is 13.2 Å². The molecular weight excluding hydrogens is 296 g/mol. The molecule has 2 rings (SSSR count). The molecule has 7 heteroatoms. The van der Waals surface area contributed by atoms with E-state index in [9.17, 15) is 17.6 Å². The molecule has 0 aliphatic rings. The van der Waals surface area contributed by atoms with Crippen molar-refractivity contribution in [3.05, 3.63) is 58.5 Å². The highest BCUT2D eigenvalue weighted by atomic mass is 35.5. The maximum absolute atomic E-state index is 13.2. The Morgan fingerprint density at radius 2 is 1.90 bits per heavy atom. The van der Waals surface area contributed by atoms with Crippen LogP contribution in [0, 0.1) is 5.82 Å². The number of rotatable bonds is 3. The van der Waals surface area contributed by atoms with E-state index in [1.165, 1.54) is 0 Å². The summed E-state index contributed by atoms with van der Waals surface area (Å²) in [7, 11) is 0. The average Bonchev–Trinajstić information content (AvgIpc) is 2.35. The molecule has 0 bridgehead atoms. The molecule has 0 aliphatic carbocycles. The normalized spacial score (nSPS) is 11.4. The molecule has 0 amide bonds. The number of hydrogen-bond acceptors (Lipinski definition) is 2. The smallest absolute Gasteiger partial charge is 0.366 e. The van der Waals surface area contributed by atoms with Crippen molar-refractivity contribution in [1.29, 1.82) is 0 Å². The van der Waals surface area contributed by atoms with Gasteiger partial charge in [0.15, 0.2) is 0 Å². The van der Waals surface area contributed by atoms with Gasteiger partial charge < -0.3 is 5.32 Å². The summed E-state index contributed by atoms with van der Waals surface area (Å²) in [4.78, 5) is 3.92. The zero-order chi connectivity index (χ0) is 14.8. The first-order valence-corrected chi connectivity index (χ1v) is 5.95. The third-order valence-corrected chi connectivity index (χ3v) is 2.68. The summed E-state index contributed by atoms with van der Waals surface area (Å²) in [6.45, 7) is 0.00812. The van der Waals surface area contributed by atoms with Crippen molar-refractivity contribution in [1.82, 2.24) is 4.98 Å². The van der Waals surface area contributed by atoms with Crippen LogP contribution in [0.1, 0.15) is 11.1 Å². The van der Waals surface area contributed by atoms with Crippen LogP contribution in [0.3, 0.4) is 0 Å². The van der Waals surface area contributed by atoms with Gasteiger partial charge in [-0.15, -0.1) is 0 Å². The SMILES string of the molecule is Fc1cc(CNc2cccc(Cl)n2)cc(C(F)(F)F)c1. The van der Waals surface area contributed by atoms with Crippen molar-refractivity contribution >= 4 is 17.4 Å². The lowest BCUT2D eigenvalue weighted by atomic mass is 10.1. The fourth-order valence-electron chi connectivity index (χ4n) is 1.62. The van der Waals surface area contributed by atoms with Gasteiger partial charge in [0.1, 0.15) is 16.8 Å². The van der Waals surface area contributed by atoms with Crippen LogP contribution < -0.4 is 5.32 Å². The summed E-state index contributed by atoms with van der Waals surface area (Å²) < 4.78 is 50.8. The van der Waals surface area contributed by atoms with Crippen LogP contribution in [0.4, 0.5) is 23.4 Å². The van der Waals surface area contributed by atoms with E-state index in [4.69, 9.17) is 11.6 Å². The maximum Gasteiger partial charge on any atom is 0.416 e. The Bertz CT molecular complexity index is 614. The third-order valence-electron chi connectivity index (χ3n) is 2.47. The number of aromatic nitrogens is 1. The monoisotopic (exact) mass is 304 g/mol. The first kappa shape index (κ1) is 14.6. The molecule has 0 radical (unpaired) electrons. The zero-order valence-electron chi connectivity index (χ0n) is 10.0. The number of hydrogen-bond donors (Lipinski definition) is 1. The number of benzene rings is 1. The molecule has 1 aromatic carbocycles. The van der Waals surface area contributed by atoms with E-state index in [0.717, 1.165) is 12.1 Å². The van der Waals surface area contributed by atoms with Gasteiger partial charge in [-0.1, -0.05) is 17.7 Å². The van der Waals surface area contributed by atoms with Crippen molar-refractivity contribution in [2.75, 3.05) is 5.32 Å². The minimum Gasteiger partial charge on any atom is -0.366 e. The molecule has 0 fully saturated rings. The molecule has 0 atom stereocenters. The number of alkyl halides is 3. The van der Waals surface area contributed by atoms with Gasteiger partial charge in [0.25, 0.3) is 0 Å². The number of nitrogens with zero attached hydrogens (tertiary/aromatic N) is 1. The summed E-state index contributed by atoms with van der Waals surface area (Å²) in [5.41, 5.74) is -0.854. The average molecular weight is 305 g/mol. The Morgan fingerprint density at radius 1 is 1.15 bits per heavy atom. The lowest BCUT2D eigenvalue weighted by molar-refractivity contribution is -0.137. The van der Waals surface area contributed by atoms with Gasteiger partial charge in [0, 0.05) is 6.54 Å². The Labute approximate surface area is 117 Å². The van der Waals surface area contributed by atoms with E-state index in [1.54, 1.807) is 18.2 Å². The molecule has 2 nitrogen and oxygen atoms in total. The molecule has 1 heterocycles. The maximum atomic E-state index is 13.2. The fraction of sp³-hybridized carbons (Fsp3) is 0.154. The number of pyridine rings is 1. The van der Waals surface area contributed by atoms with Crippen molar-refractivity contribution in [3.63, 3.8) is 0 Å². The third kappa shape index (κ3) is 3.84. The van der Waals surface area contributed by atoms with Gasteiger partial charge >= 0.3 is 6.18 Å². The molecule has 20 heavy (non-hydrogen) atoms. The van der Waals surface area contributed by atoms with E-state index in [2.05, 4.69) is 10.3 Å². The van der Waals surface area contributed by atoms with E-state index >= 15 is 0 Å². The first-order chi connectivity index (χ1) is 9.34. The quantitative estimate of drug-likeness (QED) is 0.667. The molecule has 2 aromatic rings. The first-order valence-electron chi connectivity index (χ1n) is 5.58. The number of anilines is 1. The van der Waals surface area contributed by atoms with Gasteiger partial charge in [-0.25, -0.2) is 9.37 Å². The predicted molar refractivity (Wildman–Crippen MR) is 68.0 cm³/mol. The second kappa shape index (κ2) is 5.66. The minimum absolute atomic E-state index is 0.00812. The summed E-state index contributed by atoms with van der Waals surface area (Å²) in [6, 6.07) is 7.20.